The Balaban J connectivity index is 1.78. The number of nitrogens with one attached hydrogen (secondary N) is 1. The molecule has 5 nitrogen and oxygen atoms in total. The van der Waals surface area contributed by atoms with Gasteiger partial charge >= 0.3 is 6.18 Å². The summed E-state index contributed by atoms with van der Waals surface area (Å²) in [5.74, 6) is -0.745. The van der Waals surface area contributed by atoms with E-state index in [0.717, 1.165) is 6.07 Å². The van der Waals surface area contributed by atoms with Crippen molar-refractivity contribution in [3.8, 4) is 10.6 Å². The van der Waals surface area contributed by atoms with Crippen molar-refractivity contribution in [2.75, 3.05) is 5.32 Å². The number of hydrogen-bond acceptors (Lipinski definition) is 4. The molecule has 29 heavy (non-hydrogen) atoms. The zero-order chi connectivity index (χ0) is 20.8. The Kier molecular flexibility index (Phi) is 4.97. The highest BCUT2D eigenvalue weighted by molar-refractivity contribution is 7.13. The molecule has 0 atom stereocenters. The van der Waals surface area contributed by atoms with Gasteiger partial charge in [-0.15, -0.1) is 11.3 Å². The van der Waals surface area contributed by atoms with Crippen molar-refractivity contribution in [1.82, 2.24) is 14.6 Å². The summed E-state index contributed by atoms with van der Waals surface area (Å²) in [5.41, 5.74) is -1.03. The van der Waals surface area contributed by atoms with Gasteiger partial charge in [0.1, 0.15) is 0 Å². The van der Waals surface area contributed by atoms with Crippen LogP contribution in [0.25, 0.3) is 16.2 Å². The number of nitrogens with zero attached hydrogens (tertiary/aromatic N) is 3. The van der Waals surface area contributed by atoms with Gasteiger partial charge in [0.05, 0.1) is 21.3 Å². The van der Waals surface area contributed by atoms with Crippen LogP contribution in [0.5, 0.6) is 0 Å². The van der Waals surface area contributed by atoms with Crippen molar-refractivity contribution in [2.24, 2.45) is 0 Å². The number of halogens is 5. The van der Waals surface area contributed by atoms with Crippen LogP contribution in [-0.4, -0.2) is 20.5 Å². The molecular weight excluding hydrogens is 448 g/mol. The molecule has 3 aromatic heterocycles. The number of alkyl halides is 3. The number of fused-ring (bicyclic) bond motifs is 1. The maximum atomic E-state index is 13.6. The number of anilines is 1. The van der Waals surface area contributed by atoms with Crippen LogP contribution in [-0.2, 0) is 6.18 Å². The number of carbonyl (C=O) groups excluding carboxylic acids is 1. The molecule has 0 unspecified atom stereocenters. The molecule has 11 heteroatoms. The fourth-order valence-corrected chi connectivity index (χ4v) is 3.64. The predicted molar refractivity (Wildman–Crippen MR) is 106 cm³/mol. The summed E-state index contributed by atoms with van der Waals surface area (Å²) in [4.78, 5) is 17.3. The van der Waals surface area contributed by atoms with E-state index in [9.17, 15) is 18.0 Å². The Morgan fingerprint density at radius 3 is 2.62 bits per heavy atom. The fourth-order valence-electron chi connectivity index (χ4n) is 2.62. The second kappa shape index (κ2) is 7.33. The van der Waals surface area contributed by atoms with Crippen LogP contribution in [0, 0.1) is 0 Å². The van der Waals surface area contributed by atoms with Gasteiger partial charge in [-0.1, -0.05) is 29.3 Å². The smallest absolute Gasteiger partial charge is 0.319 e. The predicted octanol–water partition coefficient (Wildman–Crippen LogP) is 6.04. The zero-order valence-electron chi connectivity index (χ0n) is 14.2. The minimum Gasteiger partial charge on any atom is -0.319 e. The van der Waals surface area contributed by atoms with Gasteiger partial charge in [-0.05, 0) is 35.7 Å². The van der Waals surface area contributed by atoms with E-state index in [0.29, 0.717) is 14.4 Å². The second-order valence-electron chi connectivity index (χ2n) is 5.88. The van der Waals surface area contributed by atoms with Crippen LogP contribution in [0.4, 0.5) is 18.9 Å². The lowest BCUT2D eigenvalue weighted by molar-refractivity contribution is -0.142. The quantitative estimate of drug-likeness (QED) is 0.409. The topological polar surface area (TPSA) is 59.3 Å². The summed E-state index contributed by atoms with van der Waals surface area (Å²) in [7, 11) is 0. The van der Waals surface area contributed by atoms with Gasteiger partial charge in [-0.3, -0.25) is 4.79 Å². The molecule has 0 saturated heterocycles. The first-order valence-corrected chi connectivity index (χ1v) is 9.64. The molecular formula is C18H9Cl2F3N4OS. The first kappa shape index (κ1) is 19.7. The van der Waals surface area contributed by atoms with E-state index in [1.54, 1.807) is 17.5 Å². The Morgan fingerprint density at radius 2 is 1.93 bits per heavy atom. The third-order valence-corrected chi connectivity index (χ3v) is 5.36. The molecule has 4 rings (SSSR count). The lowest BCUT2D eigenvalue weighted by atomic mass is 10.2. The molecule has 0 bridgehead atoms. The lowest BCUT2D eigenvalue weighted by Crippen LogP contribution is -2.15. The Bertz CT molecular complexity index is 1220. The molecule has 0 aliphatic heterocycles. The van der Waals surface area contributed by atoms with Gasteiger partial charge in [-0.2, -0.15) is 18.3 Å². The standard InChI is InChI=1S/C18H9Cl2F3N4OS/c19-9-3-4-10(20)11(6-9)25-17(28)13-8-16-24-12(14-2-1-5-29-14)7-15(18(21,22)23)27(16)26-13/h1-8H,(H,25,28). The summed E-state index contributed by atoms with van der Waals surface area (Å²) < 4.78 is 41.3. The molecule has 148 valence electrons. The monoisotopic (exact) mass is 456 g/mol. The van der Waals surface area contributed by atoms with Crippen molar-refractivity contribution >= 4 is 51.8 Å². The number of carbonyl (C=O) groups is 1. The van der Waals surface area contributed by atoms with Crippen LogP contribution < -0.4 is 5.32 Å². The minimum atomic E-state index is -4.69. The van der Waals surface area contributed by atoms with Gasteiger partial charge < -0.3 is 5.32 Å². The molecule has 0 spiro atoms. The summed E-state index contributed by atoms with van der Waals surface area (Å²) >= 11 is 13.2. The number of benzene rings is 1. The van der Waals surface area contributed by atoms with Crippen LogP contribution >= 0.6 is 34.5 Å². The molecule has 0 saturated carbocycles. The molecule has 4 aromatic rings. The van der Waals surface area contributed by atoms with Crippen molar-refractivity contribution < 1.29 is 18.0 Å². The summed E-state index contributed by atoms with van der Waals surface area (Å²) in [6, 6.07) is 9.90. The van der Waals surface area contributed by atoms with Gasteiger partial charge in [-0.25, -0.2) is 9.50 Å². The molecule has 1 aromatic carbocycles. The van der Waals surface area contributed by atoms with Crippen molar-refractivity contribution in [2.45, 2.75) is 6.18 Å². The SMILES string of the molecule is O=C(Nc1cc(Cl)ccc1Cl)c1cc2nc(-c3cccs3)cc(C(F)(F)F)n2n1. The largest absolute Gasteiger partial charge is 0.433 e. The summed E-state index contributed by atoms with van der Waals surface area (Å²) in [5, 5.41) is 8.58. The third-order valence-electron chi connectivity index (χ3n) is 3.90. The lowest BCUT2D eigenvalue weighted by Gasteiger charge is -2.10. The molecule has 0 fully saturated rings. The normalized spacial score (nSPS) is 11.8. The maximum absolute atomic E-state index is 13.6. The highest BCUT2D eigenvalue weighted by atomic mass is 35.5. The van der Waals surface area contributed by atoms with Crippen LogP contribution in [0.3, 0.4) is 0 Å². The van der Waals surface area contributed by atoms with Gasteiger partial charge in [0, 0.05) is 11.1 Å². The van der Waals surface area contributed by atoms with E-state index in [1.807, 2.05) is 0 Å². The highest BCUT2D eigenvalue weighted by Crippen LogP contribution is 2.33. The molecule has 3 heterocycles. The summed E-state index contributed by atoms with van der Waals surface area (Å²) in [6.07, 6.45) is -4.69. The number of aromatic nitrogens is 3. The fraction of sp³-hybridized carbons (Fsp3) is 0.0556. The number of thiophene rings is 1. The molecule has 1 amide bonds. The number of hydrogen-bond donors (Lipinski definition) is 1. The Hall–Kier alpha value is -2.62. The van der Waals surface area contributed by atoms with Gasteiger partial charge in [0.15, 0.2) is 17.0 Å². The minimum absolute atomic E-state index is 0.106. The van der Waals surface area contributed by atoms with Crippen molar-refractivity contribution in [3.63, 3.8) is 0 Å². The number of amides is 1. The molecule has 0 radical (unpaired) electrons. The summed E-state index contributed by atoms with van der Waals surface area (Å²) in [6.45, 7) is 0. The molecule has 0 aliphatic rings. The number of rotatable bonds is 3. The van der Waals surface area contributed by atoms with E-state index >= 15 is 0 Å². The van der Waals surface area contributed by atoms with Crippen LogP contribution in [0.15, 0.2) is 47.8 Å². The van der Waals surface area contributed by atoms with E-state index in [2.05, 4.69) is 15.4 Å². The zero-order valence-corrected chi connectivity index (χ0v) is 16.5. The Labute approximate surface area is 175 Å². The Morgan fingerprint density at radius 1 is 1.14 bits per heavy atom. The van der Waals surface area contributed by atoms with Crippen LogP contribution in [0.2, 0.25) is 10.0 Å². The average Bonchev–Trinajstić information content (AvgIpc) is 3.32. The van der Waals surface area contributed by atoms with E-state index in [-0.39, 0.29) is 27.7 Å². The third kappa shape index (κ3) is 3.93. The van der Waals surface area contributed by atoms with E-state index < -0.39 is 17.8 Å². The first-order valence-electron chi connectivity index (χ1n) is 8.00. The highest BCUT2D eigenvalue weighted by Gasteiger charge is 2.35. The molecule has 1 N–H and O–H groups in total. The van der Waals surface area contributed by atoms with Gasteiger partial charge in [0.2, 0.25) is 0 Å². The molecule has 0 aliphatic carbocycles. The maximum Gasteiger partial charge on any atom is 0.433 e. The van der Waals surface area contributed by atoms with Gasteiger partial charge in [0.25, 0.3) is 5.91 Å². The average molecular weight is 457 g/mol. The van der Waals surface area contributed by atoms with Crippen molar-refractivity contribution in [3.05, 3.63) is 69.3 Å². The second-order valence-corrected chi connectivity index (χ2v) is 7.67. The van der Waals surface area contributed by atoms with E-state index in [4.69, 9.17) is 23.2 Å². The van der Waals surface area contributed by atoms with E-state index in [1.165, 1.54) is 35.6 Å². The van der Waals surface area contributed by atoms with Crippen LogP contribution in [0.1, 0.15) is 16.2 Å². The van der Waals surface area contributed by atoms with Crippen molar-refractivity contribution in [1.29, 1.82) is 0 Å². The first-order chi connectivity index (χ1) is 13.7.